The van der Waals surface area contributed by atoms with Gasteiger partial charge in [0.1, 0.15) is 0 Å². The molecule has 4 nitrogen and oxygen atoms in total. The third-order valence-corrected chi connectivity index (χ3v) is 7.66. The zero-order valence-corrected chi connectivity index (χ0v) is 22.2. The number of unbranched alkanes of at least 4 members (excludes halogenated alkanes) is 14. The van der Waals surface area contributed by atoms with Gasteiger partial charge in [0.25, 0.3) is 0 Å². The lowest BCUT2D eigenvalue weighted by molar-refractivity contribution is -0.139. The van der Waals surface area contributed by atoms with Crippen LogP contribution < -0.4 is 0 Å². The van der Waals surface area contributed by atoms with Gasteiger partial charge in [-0.1, -0.05) is 127 Å². The van der Waals surface area contributed by atoms with Gasteiger partial charge in [0, 0.05) is 17.2 Å². The largest absolute Gasteiger partial charge is 0.481 e. The van der Waals surface area contributed by atoms with Crippen molar-refractivity contribution in [2.75, 3.05) is 5.33 Å². The normalized spacial score (nSPS) is 11.8. The molecule has 0 atom stereocenters. The summed E-state index contributed by atoms with van der Waals surface area (Å²) in [4.78, 5) is 10.3. The topological polar surface area (TPSA) is 77.8 Å². The van der Waals surface area contributed by atoms with Gasteiger partial charge in [-0.2, -0.15) is 0 Å². The highest BCUT2D eigenvalue weighted by atomic mass is 79.9. The molecule has 0 spiro atoms. The Morgan fingerprint density at radius 3 is 1.24 bits per heavy atom. The second-order valence-corrected chi connectivity index (χ2v) is 10.4. The molecule has 6 heteroatoms. The fourth-order valence-electron chi connectivity index (χ4n) is 2.73. The average Bonchev–Trinajstić information content (AvgIpc) is 2.64. The van der Waals surface area contributed by atoms with Gasteiger partial charge in [0.2, 0.25) is 4.70 Å². The van der Waals surface area contributed by atoms with Crippen molar-refractivity contribution in [2.24, 2.45) is 5.41 Å². The third-order valence-electron chi connectivity index (χ3n) is 5.19. The monoisotopic (exact) mass is 544 g/mol. The lowest BCUT2D eigenvalue weighted by Gasteiger charge is -2.31. The Kier molecular flexibility index (Phi) is 22.0. The van der Waals surface area contributed by atoms with E-state index in [-0.39, 0.29) is 0 Å². The summed E-state index contributed by atoms with van der Waals surface area (Å²) in [6, 6.07) is 0. The SMILES string of the molecule is CC(C)(CBr)C(O)(O)Br.CCCCCCCCCCCCCCCCCC(=O)O. The van der Waals surface area contributed by atoms with Crippen molar-refractivity contribution in [3.8, 4) is 0 Å². The van der Waals surface area contributed by atoms with Gasteiger partial charge in [-0.3, -0.25) is 4.79 Å². The summed E-state index contributed by atoms with van der Waals surface area (Å²) in [5, 5.41) is 27.0. The highest BCUT2D eigenvalue weighted by Gasteiger charge is 2.38. The van der Waals surface area contributed by atoms with E-state index >= 15 is 0 Å². The predicted molar refractivity (Wildman–Crippen MR) is 131 cm³/mol. The summed E-state index contributed by atoms with van der Waals surface area (Å²) in [7, 11) is 0. The number of hydrogen-bond acceptors (Lipinski definition) is 3. The molecule has 0 radical (unpaired) electrons. The van der Waals surface area contributed by atoms with Crippen LogP contribution in [0.2, 0.25) is 0 Å². The van der Waals surface area contributed by atoms with E-state index < -0.39 is 16.1 Å². The number of carboxylic acid groups (broad SMARTS) is 1. The van der Waals surface area contributed by atoms with Crippen LogP contribution in [0, 0.1) is 5.41 Å². The molecule has 0 saturated carbocycles. The number of carbonyl (C=O) groups is 1. The Morgan fingerprint density at radius 2 is 1.03 bits per heavy atom. The summed E-state index contributed by atoms with van der Waals surface area (Å²) >= 11 is 5.90. The van der Waals surface area contributed by atoms with E-state index in [9.17, 15) is 4.79 Å². The Balaban J connectivity index is 0. The van der Waals surface area contributed by atoms with Crippen LogP contribution in [0.25, 0.3) is 0 Å². The number of aliphatic hydroxyl groups is 2. The quantitative estimate of drug-likeness (QED) is 0.0933. The van der Waals surface area contributed by atoms with Gasteiger partial charge < -0.3 is 15.3 Å². The van der Waals surface area contributed by atoms with Crippen molar-refractivity contribution in [1.29, 1.82) is 0 Å². The number of hydrogen-bond donors (Lipinski definition) is 3. The standard InChI is InChI=1S/C18H36O2.C5H10Br2O2/c1-2-3-4-5-6-7-8-9-10-11-12-13-14-15-16-17-18(19)20;1-4(2,3-6)5(7,8)9/h2-17H2,1H3,(H,19,20);8-9H,3H2,1-2H3. The highest BCUT2D eigenvalue weighted by molar-refractivity contribution is 9.10. The molecule has 0 aromatic carbocycles. The van der Waals surface area contributed by atoms with E-state index in [1.807, 2.05) is 0 Å². The second-order valence-electron chi connectivity index (χ2n) is 8.70. The first kappa shape index (κ1) is 31.5. The molecule has 0 fully saturated rings. The number of carboxylic acids is 1. The molecule has 0 aliphatic carbocycles. The lowest BCUT2D eigenvalue weighted by atomic mass is 9.96. The number of alkyl halides is 2. The predicted octanol–water partition coefficient (Wildman–Crippen LogP) is 7.77. The first-order valence-corrected chi connectivity index (χ1v) is 13.4. The van der Waals surface area contributed by atoms with Crippen LogP contribution in [0.5, 0.6) is 0 Å². The Labute approximate surface area is 196 Å². The Hall–Kier alpha value is 0.350. The number of aliphatic carboxylic acids is 1. The molecule has 0 aliphatic rings. The summed E-state index contributed by atoms with van der Waals surface area (Å²) in [5.74, 6) is -0.653. The van der Waals surface area contributed by atoms with Crippen molar-refractivity contribution in [2.45, 2.75) is 128 Å². The maximum absolute atomic E-state index is 10.3. The molecule has 0 unspecified atom stereocenters. The maximum Gasteiger partial charge on any atom is 0.303 e. The Bertz CT molecular complexity index is 368. The van der Waals surface area contributed by atoms with Crippen LogP contribution in [-0.2, 0) is 4.79 Å². The highest BCUT2D eigenvalue weighted by Crippen LogP contribution is 2.35. The van der Waals surface area contributed by atoms with Crippen LogP contribution in [0.4, 0.5) is 0 Å². The minimum atomic E-state index is -1.79. The van der Waals surface area contributed by atoms with E-state index in [1.165, 1.54) is 83.5 Å². The molecule has 0 aromatic heterocycles. The molecule has 0 aromatic rings. The van der Waals surface area contributed by atoms with E-state index in [0.717, 1.165) is 12.8 Å². The zero-order chi connectivity index (χ0) is 22.6. The van der Waals surface area contributed by atoms with Crippen LogP contribution in [0.3, 0.4) is 0 Å². The van der Waals surface area contributed by atoms with Crippen LogP contribution in [-0.4, -0.2) is 31.3 Å². The number of halogens is 2. The summed E-state index contributed by atoms with van der Waals surface area (Å²) in [6.07, 6.45) is 20.2. The molecular weight excluding hydrogens is 500 g/mol. The summed E-state index contributed by atoms with van der Waals surface area (Å²) in [6.45, 7) is 5.74. The van der Waals surface area contributed by atoms with E-state index in [4.69, 9.17) is 15.3 Å². The fraction of sp³-hybridized carbons (Fsp3) is 0.957. The van der Waals surface area contributed by atoms with Crippen LogP contribution in [0.1, 0.15) is 124 Å². The van der Waals surface area contributed by atoms with Crippen molar-refractivity contribution in [3.63, 3.8) is 0 Å². The third kappa shape index (κ3) is 22.9. The summed E-state index contributed by atoms with van der Waals surface area (Å²) < 4.78 is -1.79. The van der Waals surface area contributed by atoms with Gasteiger partial charge in [-0.05, 0) is 22.4 Å². The van der Waals surface area contributed by atoms with Crippen molar-refractivity contribution >= 4 is 37.8 Å². The van der Waals surface area contributed by atoms with E-state index in [2.05, 4.69) is 38.8 Å². The van der Waals surface area contributed by atoms with E-state index in [1.54, 1.807) is 13.8 Å². The van der Waals surface area contributed by atoms with Crippen LogP contribution in [0.15, 0.2) is 0 Å². The number of rotatable bonds is 18. The van der Waals surface area contributed by atoms with Gasteiger partial charge in [-0.15, -0.1) is 0 Å². The van der Waals surface area contributed by atoms with E-state index in [0.29, 0.717) is 11.8 Å². The van der Waals surface area contributed by atoms with Gasteiger partial charge in [0.05, 0.1) is 0 Å². The van der Waals surface area contributed by atoms with Crippen molar-refractivity contribution < 1.29 is 20.1 Å². The van der Waals surface area contributed by atoms with Gasteiger partial charge >= 0.3 is 5.97 Å². The molecular formula is C23H46Br2O4. The minimum absolute atomic E-state index is 0.345. The average molecular weight is 546 g/mol. The van der Waals surface area contributed by atoms with Gasteiger partial charge in [-0.25, -0.2) is 0 Å². The Morgan fingerprint density at radius 1 is 0.724 bits per heavy atom. The maximum atomic E-state index is 10.3. The fourth-order valence-corrected chi connectivity index (χ4v) is 3.64. The molecule has 0 saturated heterocycles. The molecule has 0 bridgehead atoms. The summed E-state index contributed by atoms with van der Waals surface area (Å²) in [5.41, 5.74) is -0.576. The molecule has 176 valence electrons. The lowest BCUT2D eigenvalue weighted by Crippen LogP contribution is -2.39. The van der Waals surface area contributed by atoms with Gasteiger partial charge in [0.15, 0.2) is 0 Å². The zero-order valence-electron chi connectivity index (χ0n) is 19.0. The second kappa shape index (κ2) is 20.3. The molecule has 0 rings (SSSR count). The first-order chi connectivity index (χ1) is 13.6. The molecule has 0 amide bonds. The molecule has 0 aliphatic heterocycles. The van der Waals surface area contributed by atoms with Crippen molar-refractivity contribution in [3.05, 3.63) is 0 Å². The molecule has 3 N–H and O–H groups in total. The van der Waals surface area contributed by atoms with Crippen molar-refractivity contribution in [1.82, 2.24) is 0 Å². The van der Waals surface area contributed by atoms with Crippen LogP contribution >= 0.6 is 31.9 Å². The first-order valence-electron chi connectivity index (χ1n) is 11.5. The smallest absolute Gasteiger partial charge is 0.303 e. The molecule has 0 heterocycles. The minimum Gasteiger partial charge on any atom is -0.481 e. The molecule has 29 heavy (non-hydrogen) atoms.